The lowest BCUT2D eigenvalue weighted by molar-refractivity contribution is 0.246. The van der Waals surface area contributed by atoms with E-state index in [1.807, 2.05) is 0 Å². The quantitative estimate of drug-likeness (QED) is 0.289. The Bertz CT molecular complexity index is 576. The summed E-state index contributed by atoms with van der Waals surface area (Å²) in [5.74, 6) is 0.580. The van der Waals surface area contributed by atoms with Crippen LogP contribution in [0, 0.1) is 0 Å². The van der Waals surface area contributed by atoms with Crippen molar-refractivity contribution in [2.75, 3.05) is 39.3 Å². The van der Waals surface area contributed by atoms with Crippen molar-refractivity contribution in [2.45, 2.75) is 99.7 Å². The van der Waals surface area contributed by atoms with E-state index in [0.29, 0.717) is 12.1 Å². The maximum Gasteiger partial charge on any atom is 0.128 e. The number of phenolic OH excluding ortho intramolecular Hbond substituents is 2. The second-order valence-corrected chi connectivity index (χ2v) is 9.20. The van der Waals surface area contributed by atoms with Gasteiger partial charge in [0, 0.05) is 30.8 Å². The first-order valence-corrected chi connectivity index (χ1v) is 13.2. The average Bonchev–Trinajstić information content (AvgIpc) is 2.75. The molecule has 1 aromatic rings. The van der Waals surface area contributed by atoms with Gasteiger partial charge in [0.25, 0.3) is 0 Å². The van der Waals surface area contributed by atoms with Gasteiger partial charge in [-0.25, -0.2) is 0 Å². The van der Waals surface area contributed by atoms with Gasteiger partial charge >= 0.3 is 0 Å². The predicted octanol–water partition coefficient (Wildman–Crippen LogP) is 5.96. The minimum atomic E-state index is 0.290. The van der Waals surface area contributed by atoms with Crippen molar-refractivity contribution in [2.24, 2.45) is 0 Å². The first-order chi connectivity index (χ1) is 15.4. The zero-order chi connectivity index (χ0) is 23.9. The van der Waals surface area contributed by atoms with Crippen molar-refractivity contribution >= 4 is 0 Å². The highest BCUT2D eigenvalue weighted by atomic mass is 16.3. The largest absolute Gasteiger partial charge is 0.507 e. The normalized spacial score (nSPS) is 11.9. The van der Waals surface area contributed by atoms with Crippen LogP contribution in [0.15, 0.2) is 6.07 Å². The van der Waals surface area contributed by atoms with Gasteiger partial charge in [0.2, 0.25) is 0 Å². The fourth-order valence-corrected chi connectivity index (χ4v) is 4.65. The second kappa shape index (κ2) is 16.3. The molecule has 0 saturated carbocycles. The summed E-state index contributed by atoms with van der Waals surface area (Å²) in [6.45, 7) is 21.3. The van der Waals surface area contributed by atoms with Gasteiger partial charge in [-0.05, 0) is 83.9 Å². The Kier molecular flexibility index (Phi) is 14.7. The van der Waals surface area contributed by atoms with Crippen molar-refractivity contribution in [1.82, 2.24) is 14.7 Å². The van der Waals surface area contributed by atoms with Gasteiger partial charge in [0.05, 0.1) is 5.56 Å². The fourth-order valence-electron chi connectivity index (χ4n) is 4.65. The highest BCUT2D eigenvalue weighted by molar-refractivity contribution is 5.53. The molecule has 0 heterocycles. The summed E-state index contributed by atoms with van der Waals surface area (Å²) in [5.41, 5.74) is 2.62. The van der Waals surface area contributed by atoms with Crippen molar-refractivity contribution in [3.63, 3.8) is 0 Å². The summed E-state index contributed by atoms with van der Waals surface area (Å²) in [6, 6.07) is 2.06. The van der Waals surface area contributed by atoms with Crippen molar-refractivity contribution in [1.29, 1.82) is 0 Å². The standard InChI is InChI=1S/C27H51N3O2/c1-7-13-28(14-8-2)20-23-19-24(21-29(15-9-3)16-10-4)27(32)25(26(23)31)22-30(17-11-5)18-12-6/h19,31-32H,7-18,20-22H2,1-6H3. The minimum absolute atomic E-state index is 0.290. The van der Waals surface area contributed by atoms with E-state index in [9.17, 15) is 10.2 Å². The van der Waals surface area contributed by atoms with Gasteiger partial charge in [-0.15, -0.1) is 0 Å². The number of benzene rings is 1. The minimum Gasteiger partial charge on any atom is -0.507 e. The number of rotatable bonds is 18. The topological polar surface area (TPSA) is 50.2 Å². The van der Waals surface area contributed by atoms with Gasteiger partial charge < -0.3 is 10.2 Å². The Morgan fingerprint density at radius 1 is 0.500 bits per heavy atom. The Balaban J connectivity index is 3.39. The molecule has 32 heavy (non-hydrogen) atoms. The lowest BCUT2D eigenvalue weighted by Gasteiger charge is -2.28. The van der Waals surface area contributed by atoms with Crippen LogP contribution in [0.5, 0.6) is 11.5 Å². The Labute approximate surface area is 198 Å². The second-order valence-electron chi connectivity index (χ2n) is 9.20. The van der Waals surface area contributed by atoms with E-state index in [-0.39, 0.29) is 11.5 Å². The summed E-state index contributed by atoms with van der Waals surface area (Å²) >= 11 is 0. The maximum absolute atomic E-state index is 11.3. The predicted molar refractivity (Wildman–Crippen MR) is 137 cm³/mol. The molecule has 0 spiro atoms. The number of hydrogen-bond donors (Lipinski definition) is 2. The van der Waals surface area contributed by atoms with Crippen molar-refractivity contribution < 1.29 is 10.2 Å². The molecule has 0 amide bonds. The molecule has 2 N–H and O–H groups in total. The van der Waals surface area contributed by atoms with E-state index in [0.717, 1.165) is 102 Å². The highest BCUT2D eigenvalue weighted by Crippen LogP contribution is 2.37. The molecule has 0 unspecified atom stereocenters. The molecular formula is C27H51N3O2. The highest BCUT2D eigenvalue weighted by Gasteiger charge is 2.22. The van der Waals surface area contributed by atoms with Gasteiger partial charge in [-0.1, -0.05) is 41.5 Å². The van der Waals surface area contributed by atoms with Gasteiger partial charge in [0.1, 0.15) is 11.5 Å². The third kappa shape index (κ3) is 9.29. The van der Waals surface area contributed by atoms with Crippen LogP contribution >= 0.6 is 0 Å². The van der Waals surface area contributed by atoms with Crippen LogP contribution in [-0.2, 0) is 19.6 Å². The molecule has 0 aliphatic carbocycles. The summed E-state index contributed by atoms with van der Waals surface area (Å²) in [6.07, 6.45) is 6.52. The third-order valence-electron chi connectivity index (χ3n) is 5.94. The lowest BCUT2D eigenvalue weighted by atomic mass is 10.00. The number of phenols is 2. The molecule has 0 bridgehead atoms. The molecule has 5 nitrogen and oxygen atoms in total. The summed E-state index contributed by atoms with van der Waals surface area (Å²) in [5, 5.41) is 22.6. The van der Waals surface area contributed by atoms with Gasteiger partial charge in [-0.3, -0.25) is 14.7 Å². The first-order valence-electron chi connectivity index (χ1n) is 13.2. The van der Waals surface area contributed by atoms with Crippen LogP contribution in [-0.4, -0.2) is 64.2 Å². The van der Waals surface area contributed by atoms with Crippen LogP contribution in [0.25, 0.3) is 0 Å². The molecule has 0 saturated heterocycles. The molecule has 1 rings (SSSR count). The zero-order valence-electron chi connectivity index (χ0n) is 21.9. The first kappa shape index (κ1) is 28.7. The van der Waals surface area contributed by atoms with E-state index >= 15 is 0 Å². The molecular weight excluding hydrogens is 398 g/mol. The molecule has 186 valence electrons. The lowest BCUT2D eigenvalue weighted by Crippen LogP contribution is -2.28. The van der Waals surface area contributed by atoms with Crippen LogP contribution in [0.1, 0.15) is 96.8 Å². The number of hydrogen-bond acceptors (Lipinski definition) is 5. The van der Waals surface area contributed by atoms with E-state index < -0.39 is 0 Å². The van der Waals surface area contributed by atoms with E-state index in [1.54, 1.807) is 0 Å². The van der Waals surface area contributed by atoms with Gasteiger partial charge in [-0.2, -0.15) is 0 Å². The molecule has 0 atom stereocenters. The number of nitrogens with zero attached hydrogens (tertiary/aromatic N) is 3. The Morgan fingerprint density at radius 2 is 0.781 bits per heavy atom. The third-order valence-corrected chi connectivity index (χ3v) is 5.94. The summed E-state index contributed by atoms with van der Waals surface area (Å²) < 4.78 is 0. The fraction of sp³-hybridized carbons (Fsp3) is 0.778. The van der Waals surface area contributed by atoms with Crippen molar-refractivity contribution in [3.05, 3.63) is 22.8 Å². The molecule has 1 aromatic carbocycles. The summed E-state index contributed by atoms with van der Waals surface area (Å²) in [7, 11) is 0. The van der Waals surface area contributed by atoms with Crippen LogP contribution in [0.2, 0.25) is 0 Å². The monoisotopic (exact) mass is 449 g/mol. The van der Waals surface area contributed by atoms with Crippen LogP contribution in [0.4, 0.5) is 0 Å². The average molecular weight is 450 g/mol. The van der Waals surface area contributed by atoms with E-state index in [4.69, 9.17) is 0 Å². The van der Waals surface area contributed by atoms with Crippen LogP contribution in [0.3, 0.4) is 0 Å². The van der Waals surface area contributed by atoms with E-state index in [2.05, 4.69) is 62.3 Å². The molecule has 5 heteroatoms. The molecule has 0 aliphatic heterocycles. The molecule has 0 aliphatic rings. The summed E-state index contributed by atoms with van der Waals surface area (Å²) in [4.78, 5) is 7.20. The van der Waals surface area contributed by atoms with E-state index in [1.165, 1.54) is 0 Å². The van der Waals surface area contributed by atoms with Gasteiger partial charge in [0.15, 0.2) is 0 Å². The smallest absolute Gasteiger partial charge is 0.128 e. The Hall–Kier alpha value is -1.30. The molecule has 0 fully saturated rings. The maximum atomic E-state index is 11.3. The van der Waals surface area contributed by atoms with Crippen molar-refractivity contribution in [3.8, 4) is 11.5 Å². The zero-order valence-corrected chi connectivity index (χ0v) is 21.9. The molecule has 0 radical (unpaired) electrons. The Morgan fingerprint density at radius 3 is 1.06 bits per heavy atom. The van der Waals surface area contributed by atoms with Crippen LogP contribution < -0.4 is 0 Å². The SMILES string of the molecule is CCCN(CCC)Cc1cc(CN(CCC)CCC)c(O)c(CN(CCC)CCC)c1O. The number of aromatic hydroxyl groups is 2. The molecule has 0 aromatic heterocycles.